The molecule has 4 rings (SSSR count). The highest BCUT2D eigenvalue weighted by molar-refractivity contribution is 7.99. The minimum Gasteiger partial charge on any atom is -0.431 e. The first-order valence-electron chi connectivity index (χ1n) is 9.71. The molecule has 0 unspecified atom stereocenters. The standard InChI is InChI=1S/C21H19F2N3O4S2/c22-16-6-4-15(5-7-16)19-13-24-21(30-19)31-14-20(27)25-8-10-26(11-9-25)32(28,29)18-3-1-2-17(23)12-18/h1-7,12-13H,8-11,14H2. The summed E-state index contributed by atoms with van der Waals surface area (Å²) in [5.41, 5.74) is 0.674. The lowest BCUT2D eigenvalue weighted by Crippen LogP contribution is -2.50. The van der Waals surface area contributed by atoms with E-state index in [0.717, 1.165) is 17.8 Å². The molecule has 1 aliphatic heterocycles. The van der Waals surface area contributed by atoms with Crippen molar-refractivity contribution in [2.45, 2.75) is 10.1 Å². The molecule has 7 nitrogen and oxygen atoms in total. The van der Waals surface area contributed by atoms with Crippen LogP contribution in [0.4, 0.5) is 8.78 Å². The molecule has 1 fully saturated rings. The molecule has 0 bridgehead atoms. The molecule has 0 aliphatic carbocycles. The highest BCUT2D eigenvalue weighted by Gasteiger charge is 2.30. The molecule has 2 heterocycles. The predicted molar refractivity (Wildman–Crippen MR) is 114 cm³/mol. The largest absolute Gasteiger partial charge is 0.431 e. The maximum Gasteiger partial charge on any atom is 0.256 e. The third-order valence-corrected chi connectivity index (χ3v) is 7.68. The molecule has 3 aromatic rings. The SMILES string of the molecule is O=C(CSc1ncc(-c2ccc(F)cc2)o1)N1CCN(S(=O)(=O)c2cccc(F)c2)CC1. The average molecular weight is 480 g/mol. The van der Waals surface area contributed by atoms with Gasteiger partial charge in [0.25, 0.3) is 5.22 Å². The number of sulfonamides is 1. The van der Waals surface area contributed by atoms with Crippen molar-refractivity contribution in [3.8, 4) is 11.3 Å². The Labute approximate surface area is 188 Å². The van der Waals surface area contributed by atoms with Gasteiger partial charge >= 0.3 is 0 Å². The monoisotopic (exact) mass is 479 g/mol. The molecule has 168 valence electrons. The van der Waals surface area contributed by atoms with Crippen LogP contribution in [0.15, 0.2) is 69.3 Å². The van der Waals surface area contributed by atoms with E-state index in [0.29, 0.717) is 16.5 Å². The van der Waals surface area contributed by atoms with Crippen molar-refractivity contribution in [1.82, 2.24) is 14.2 Å². The van der Waals surface area contributed by atoms with Crippen LogP contribution >= 0.6 is 11.8 Å². The van der Waals surface area contributed by atoms with Crippen LogP contribution in [0.5, 0.6) is 0 Å². The van der Waals surface area contributed by atoms with Crippen LogP contribution in [0.25, 0.3) is 11.3 Å². The molecule has 1 amide bonds. The number of hydrogen-bond acceptors (Lipinski definition) is 6. The van der Waals surface area contributed by atoms with Crippen molar-refractivity contribution >= 4 is 27.7 Å². The van der Waals surface area contributed by atoms with Crippen molar-refractivity contribution in [2.75, 3.05) is 31.9 Å². The fourth-order valence-electron chi connectivity index (χ4n) is 3.24. The van der Waals surface area contributed by atoms with E-state index in [1.807, 2.05) is 0 Å². The van der Waals surface area contributed by atoms with Crippen molar-refractivity contribution in [3.63, 3.8) is 0 Å². The lowest BCUT2D eigenvalue weighted by atomic mass is 10.2. The summed E-state index contributed by atoms with van der Waals surface area (Å²) < 4.78 is 58.7. The molecule has 1 saturated heterocycles. The number of benzene rings is 2. The molecule has 32 heavy (non-hydrogen) atoms. The van der Waals surface area contributed by atoms with Gasteiger partial charge in [-0.3, -0.25) is 4.79 Å². The van der Waals surface area contributed by atoms with Crippen molar-refractivity contribution in [3.05, 3.63) is 66.4 Å². The average Bonchev–Trinajstić information content (AvgIpc) is 3.27. The molecular weight excluding hydrogens is 460 g/mol. The van der Waals surface area contributed by atoms with E-state index in [9.17, 15) is 22.0 Å². The first-order valence-corrected chi connectivity index (χ1v) is 12.1. The number of hydrogen-bond donors (Lipinski definition) is 0. The van der Waals surface area contributed by atoms with Gasteiger partial charge in [-0.25, -0.2) is 22.2 Å². The van der Waals surface area contributed by atoms with Gasteiger partial charge in [-0.1, -0.05) is 17.8 Å². The fraction of sp³-hybridized carbons (Fsp3) is 0.238. The van der Waals surface area contributed by atoms with Crippen molar-refractivity contribution in [2.24, 2.45) is 0 Å². The maximum absolute atomic E-state index is 13.4. The van der Waals surface area contributed by atoms with E-state index in [-0.39, 0.29) is 48.6 Å². The van der Waals surface area contributed by atoms with Crippen molar-refractivity contribution in [1.29, 1.82) is 0 Å². The number of thioether (sulfide) groups is 1. The van der Waals surface area contributed by atoms with E-state index in [1.54, 1.807) is 17.0 Å². The third-order valence-electron chi connectivity index (χ3n) is 4.96. The Balaban J connectivity index is 1.30. The van der Waals surface area contributed by atoms with Gasteiger partial charge in [0.2, 0.25) is 15.9 Å². The van der Waals surface area contributed by atoms with Crippen LogP contribution < -0.4 is 0 Å². The molecule has 0 atom stereocenters. The number of halogens is 2. The second-order valence-corrected chi connectivity index (χ2v) is 9.89. The van der Waals surface area contributed by atoms with Crippen LogP contribution in [0, 0.1) is 11.6 Å². The zero-order valence-corrected chi connectivity index (χ0v) is 18.4. The van der Waals surface area contributed by atoms with E-state index in [1.165, 1.54) is 40.8 Å². The molecule has 1 aliphatic rings. The number of oxazole rings is 1. The summed E-state index contributed by atoms with van der Waals surface area (Å²) in [5.74, 6) is -0.584. The lowest BCUT2D eigenvalue weighted by molar-refractivity contribution is -0.129. The summed E-state index contributed by atoms with van der Waals surface area (Å²) in [7, 11) is -3.81. The van der Waals surface area contributed by atoms with Crippen molar-refractivity contribution < 1.29 is 26.4 Å². The zero-order valence-electron chi connectivity index (χ0n) is 16.8. The fourth-order valence-corrected chi connectivity index (χ4v) is 5.40. The Kier molecular flexibility index (Phi) is 6.58. The van der Waals surface area contributed by atoms with Gasteiger partial charge in [0.05, 0.1) is 16.8 Å². The minimum absolute atomic E-state index is 0.0834. The Morgan fingerprint density at radius 1 is 1.03 bits per heavy atom. The highest BCUT2D eigenvalue weighted by Crippen LogP contribution is 2.26. The van der Waals surface area contributed by atoms with Gasteiger partial charge in [0, 0.05) is 31.7 Å². The van der Waals surface area contributed by atoms with E-state index < -0.39 is 15.8 Å². The number of aromatic nitrogens is 1. The molecule has 0 N–H and O–H groups in total. The molecule has 1 aromatic heterocycles. The lowest BCUT2D eigenvalue weighted by Gasteiger charge is -2.33. The first-order chi connectivity index (χ1) is 15.3. The Morgan fingerprint density at radius 2 is 1.75 bits per heavy atom. The highest BCUT2D eigenvalue weighted by atomic mass is 32.2. The minimum atomic E-state index is -3.81. The van der Waals surface area contributed by atoms with Crippen LogP contribution in [-0.4, -0.2) is 60.4 Å². The second-order valence-electron chi connectivity index (χ2n) is 7.03. The Morgan fingerprint density at radius 3 is 2.44 bits per heavy atom. The van der Waals surface area contributed by atoms with E-state index in [2.05, 4.69) is 4.98 Å². The number of rotatable bonds is 6. The van der Waals surface area contributed by atoms with Gasteiger partial charge in [-0.05, 0) is 42.5 Å². The number of carbonyl (C=O) groups excluding carboxylic acids is 1. The topological polar surface area (TPSA) is 83.7 Å². The third kappa shape index (κ3) is 5.00. The van der Waals surface area contributed by atoms with Crippen LogP contribution in [-0.2, 0) is 14.8 Å². The van der Waals surface area contributed by atoms with E-state index in [4.69, 9.17) is 4.42 Å². The number of amides is 1. The van der Waals surface area contributed by atoms with Gasteiger partial charge < -0.3 is 9.32 Å². The summed E-state index contributed by atoms with van der Waals surface area (Å²) in [6.45, 7) is 0.729. The zero-order chi connectivity index (χ0) is 22.7. The quantitative estimate of drug-likeness (QED) is 0.505. The van der Waals surface area contributed by atoms with Crippen LogP contribution in [0.3, 0.4) is 0 Å². The molecule has 0 saturated carbocycles. The smallest absolute Gasteiger partial charge is 0.256 e. The van der Waals surface area contributed by atoms with Gasteiger partial charge in [-0.2, -0.15) is 4.31 Å². The summed E-state index contributed by atoms with van der Waals surface area (Å²) in [6, 6.07) is 10.7. The van der Waals surface area contributed by atoms with Crippen LogP contribution in [0.2, 0.25) is 0 Å². The first kappa shape index (κ1) is 22.4. The Bertz CT molecular complexity index is 1210. The number of carbonyl (C=O) groups is 1. The summed E-state index contributed by atoms with van der Waals surface area (Å²) in [4.78, 5) is 18.1. The molecule has 0 spiro atoms. The molecule has 11 heteroatoms. The summed E-state index contributed by atoms with van der Waals surface area (Å²) >= 11 is 1.13. The van der Waals surface area contributed by atoms with Gasteiger partial charge in [-0.15, -0.1) is 0 Å². The Hall–Kier alpha value is -2.76. The van der Waals surface area contributed by atoms with E-state index >= 15 is 0 Å². The molecule has 2 aromatic carbocycles. The summed E-state index contributed by atoms with van der Waals surface area (Å²) in [6.07, 6.45) is 1.51. The summed E-state index contributed by atoms with van der Waals surface area (Å²) in [5, 5.41) is 0.310. The predicted octanol–water partition coefficient (Wildman–Crippen LogP) is 3.25. The second kappa shape index (κ2) is 9.39. The molecular formula is C21H19F2N3O4S2. The molecule has 0 radical (unpaired) electrons. The maximum atomic E-state index is 13.4. The number of nitrogens with zero attached hydrogens (tertiary/aromatic N) is 3. The van der Waals surface area contributed by atoms with Crippen LogP contribution in [0.1, 0.15) is 0 Å². The normalized spacial score (nSPS) is 15.1. The number of piperazine rings is 1. The van der Waals surface area contributed by atoms with Gasteiger partial charge in [0.15, 0.2) is 5.76 Å². The van der Waals surface area contributed by atoms with Gasteiger partial charge in [0.1, 0.15) is 11.6 Å².